The summed E-state index contributed by atoms with van der Waals surface area (Å²) in [5.41, 5.74) is 0.882. The average Bonchev–Trinajstić information content (AvgIpc) is 3.22. The van der Waals surface area contributed by atoms with Crippen LogP contribution in [0.15, 0.2) is 48.5 Å². The standard InChI is InChI=1S/C50H78O6/c1-5-7-9-11-13-17-41-21-25-43(26-22-41)19-15-37-53-47-33-29-45(30-34-47)49(51)55-39(3)40(4)56-50(52)46-31-35-48(36-32-46)54-38-16-20-44-27-23-42(24-28-44)18-14-12-10-8-6-2/h29-36,39-44H,5-28,37-38H2,1-4H3/t39-,40-,41-,42-,43-,44-/m1/s1. The van der Waals surface area contributed by atoms with Crippen molar-refractivity contribution >= 4 is 11.9 Å². The molecule has 56 heavy (non-hydrogen) atoms. The van der Waals surface area contributed by atoms with Gasteiger partial charge < -0.3 is 18.9 Å². The molecule has 2 fully saturated rings. The Kier molecular flexibility index (Phi) is 21.9. The van der Waals surface area contributed by atoms with Gasteiger partial charge in [0.15, 0.2) is 0 Å². The van der Waals surface area contributed by atoms with Gasteiger partial charge in [-0.15, -0.1) is 0 Å². The average molecular weight is 775 g/mol. The summed E-state index contributed by atoms with van der Waals surface area (Å²) >= 11 is 0. The number of hydrogen-bond donors (Lipinski definition) is 0. The van der Waals surface area contributed by atoms with Gasteiger partial charge in [-0.25, -0.2) is 9.59 Å². The Morgan fingerprint density at radius 2 is 0.768 bits per heavy atom. The van der Waals surface area contributed by atoms with E-state index in [0.717, 1.165) is 48.0 Å². The third-order valence-corrected chi connectivity index (χ3v) is 12.8. The molecule has 0 bridgehead atoms. The lowest BCUT2D eigenvalue weighted by Gasteiger charge is -2.28. The van der Waals surface area contributed by atoms with Crippen molar-refractivity contribution in [3.8, 4) is 11.5 Å². The molecule has 0 aliphatic heterocycles. The molecule has 2 aromatic rings. The van der Waals surface area contributed by atoms with Gasteiger partial charge in [0.1, 0.15) is 23.7 Å². The number of esters is 2. The minimum Gasteiger partial charge on any atom is -0.494 e. The van der Waals surface area contributed by atoms with E-state index in [1.807, 2.05) is 24.3 Å². The molecule has 0 heterocycles. The van der Waals surface area contributed by atoms with Crippen molar-refractivity contribution in [1.82, 2.24) is 0 Å². The summed E-state index contributed by atoms with van der Waals surface area (Å²) in [6.07, 6.45) is 31.2. The van der Waals surface area contributed by atoms with E-state index in [9.17, 15) is 9.59 Å². The van der Waals surface area contributed by atoms with Crippen LogP contribution in [-0.4, -0.2) is 37.4 Å². The number of hydrogen-bond acceptors (Lipinski definition) is 6. The van der Waals surface area contributed by atoms with Gasteiger partial charge in [-0.1, -0.05) is 142 Å². The Labute approximate surface area is 341 Å². The second-order valence-corrected chi connectivity index (χ2v) is 17.4. The highest BCUT2D eigenvalue weighted by Gasteiger charge is 2.24. The molecule has 0 radical (unpaired) electrons. The van der Waals surface area contributed by atoms with Gasteiger partial charge in [0.2, 0.25) is 0 Å². The van der Waals surface area contributed by atoms with Gasteiger partial charge in [-0.3, -0.25) is 0 Å². The zero-order valence-corrected chi connectivity index (χ0v) is 35.9. The van der Waals surface area contributed by atoms with Gasteiger partial charge in [0.05, 0.1) is 24.3 Å². The third kappa shape index (κ3) is 17.6. The molecule has 2 aliphatic rings. The third-order valence-electron chi connectivity index (χ3n) is 12.8. The lowest BCUT2D eigenvalue weighted by molar-refractivity contribution is -0.0239. The second-order valence-electron chi connectivity index (χ2n) is 17.4. The topological polar surface area (TPSA) is 71.1 Å². The van der Waals surface area contributed by atoms with E-state index >= 15 is 0 Å². The predicted octanol–water partition coefficient (Wildman–Crippen LogP) is 14.1. The SMILES string of the molecule is CCCCCCC[C@H]1CC[C@H](CCCOc2ccc(C(=O)O[C@H](C)[C@@H](C)OC(=O)c3ccc(OCCC[C@H]4CC[C@H](CCCCCCC)CC4)cc3)cc2)CC1. The molecular formula is C50H78O6. The van der Waals surface area contributed by atoms with Crippen LogP contribution in [0.4, 0.5) is 0 Å². The summed E-state index contributed by atoms with van der Waals surface area (Å²) in [6, 6.07) is 14.2. The molecule has 6 nitrogen and oxygen atoms in total. The van der Waals surface area contributed by atoms with Crippen LogP contribution < -0.4 is 9.47 Å². The minimum absolute atomic E-state index is 0.441. The Bertz CT molecular complexity index is 1220. The van der Waals surface area contributed by atoms with Gasteiger partial charge in [0.25, 0.3) is 0 Å². The van der Waals surface area contributed by atoms with Gasteiger partial charge in [-0.05, 0) is 112 Å². The summed E-state index contributed by atoms with van der Waals surface area (Å²) in [4.78, 5) is 25.8. The number of unbranched alkanes of at least 4 members (excludes halogenated alkanes) is 8. The van der Waals surface area contributed by atoms with E-state index in [1.54, 1.807) is 38.1 Å². The molecule has 4 rings (SSSR count). The van der Waals surface area contributed by atoms with Crippen LogP contribution >= 0.6 is 0 Å². The normalized spacial score (nSPS) is 20.9. The maximum absolute atomic E-state index is 12.9. The van der Waals surface area contributed by atoms with Crippen LogP contribution in [-0.2, 0) is 9.47 Å². The molecular weight excluding hydrogens is 697 g/mol. The first-order valence-corrected chi connectivity index (χ1v) is 23.2. The monoisotopic (exact) mass is 775 g/mol. The van der Waals surface area contributed by atoms with E-state index < -0.39 is 24.1 Å². The highest BCUT2D eigenvalue weighted by Crippen LogP contribution is 2.35. The largest absolute Gasteiger partial charge is 0.494 e. The molecule has 2 aliphatic carbocycles. The minimum atomic E-state index is -0.614. The zero-order chi connectivity index (χ0) is 39.8. The van der Waals surface area contributed by atoms with E-state index in [1.165, 1.54) is 141 Å². The zero-order valence-electron chi connectivity index (χ0n) is 35.9. The van der Waals surface area contributed by atoms with Crippen molar-refractivity contribution in [3.05, 3.63) is 59.7 Å². The summed E-state index contributed by atoms with van der Waals surface area (Å²) < 4.78 is 23.3. The van der Waals surface area contributed by atoms with E-state index in [4.69, 9.17) is 18.9 Å². The summed E-state index contributed by atoms with van der Waals surface area (Å²) in [5, 5.41) is 0. The van der Waals surface area contributed by atoms with Crippen molar-refractivity contribution in [2.24, 2.45) is 23.7 Å². The van der Waals surface area contributed by atoms with Crippen LogP contribution in [0.3, 0.4) is 0 Å². The number of carbonyl (C=O) groups is 2. The number of rotatable bonds is 27. The molecule has 0 unspecified atom stereocenters. The second kappa shape index (κ2) is 26.8. The van der Waals surface area contributed by atoms with Crippen molar-refractivity contribution in [2.75, 3.05) is 13.2 Å². The van der Waals surface area contributed by atoms with Crippen LogP contribution in [0.5, 0.6) is 11.5 Å². The lowest BCUT2D eigenvalue weighted by Crippen LogP contribution is -2.30. The van der Waals surface area contributed by atoms with Crippen molar-refractivity contribution in [1.29, 1.82) is 0 Å². The van der Waals surface area contributed by atoms with E-state index in [0.29, 0.717) is 24.3 Å². The predicted molar refractivity (Wildman–Crippen MR) is 230 cm³/mol. The van der Waals surface area contributed by atoms with Crippen molar-refractivity contribution in [3.63, 3.8) is 0 Å². The van der Waals surface area contributed by atoms with E-state index in [2.05, 4.69) is 13.8 Å². The smallest absolute Gasteiger partial charge is 0.338 e. The maximum atomic E-state index is 12.9. The first kappa shape index (κ1) is 45.7. The van der Waals surface area contributed by atoms with E-state index in [-0.39, 0.29) is 0 Å². The fraction of sp³-hybridized carbons (Fsp3) is 0.720. The summed E-state index contributed by atoms with van der Waals surface area (Å²) in [5.74, 6) is 4.19. The number of carbonyl (C=O) groups excluding carboxylic acids is 2. The summed E-state index contributed by atoms with van der Waals surface area (Å²) in [7, 11) is 0. The Hall–Kier alpha value is -3.02. The number of benzene rings is 2. The van der Waals surface area contributed by atoms with Crippen LogP contribution in [0.1, 0.15) is 203 Å². The number of ether oxygens (including phenoxy) is 4. The first-order valence-electron chi connectivity index (χ1n) is 23.2. The molecule has 0 amide bonds. The van der Waals surface area contributed by atoms with Crippen LogP contribution in [0.25, 0.3) is 0 Å². The quantitative estimate of drug-likeness (QED) is 0.0665. The molecule has 0 aromatic heterocycles. The van der Waals surface area contributed by atoms with Gasteiger partial charge in [-0.2, -0.15) is 0 Å². The van der Waals surface area contributed by atoms with Crippen molar-refractivity contribution < 1.29 is 28.5 Å². The molecule has 6 heteroatoms. The van der Waals surface area contributed by atoms with Crippen LogP contribution in [0.2, 0.25) is 0 Å². The molecule has 314 valence electrons. The fourth-order valence-corrected chi connectivity index (χ4v) is 8.85. The molecule has 2 atom stereocenters. The first-order chi connectivity index (χ1) is 27.3. The van der Waals surface area contributed by atoms with Crippen molar-refractivity contribution in [2.45, 2.75) is 194 Å². The molecule has 0 N–H and O–H groups in total. The molecule has 0 saturated heterocycles. The van der Waals surface area contributed by atoms with Gasteiger partial charge >= 0.3 is 11.9 Å². The molecule has 0 spiro atoms. The Balaban J connectivity index is 1.04. The highest BCUT2D eigenvalue weighted by atomic mass is 16.6. The molecule has 2 saturated carbocycles. The Morgan fingerprint density at radius 3 is 1.09 bits per heavy atom. The van der Waals surface area contributed by atoms with Gasteiger partial charge in [0, 0.05) is 0 Å². The Morgan fingerprint density at radius 1 is 0.464 bits per heavy atom. The maximum Gasteiger partial charge on any atom is 0.338 e. The summed E-state index contributed by atoms with van der Waals surface area (Å²) in [6.45, 7) is 9.43. The van der Waals surface area contributed by atoms with Crippen LogP contribution in [0, 0.1) is 23.7 Å². The molecule has 2 aromatic carbocycles. The fourth-order valence-electron chi connectivity index (χ4n) is 8.85. The highest BCUT2D eigenvalue weighted by molar-refractivity contribution is 5.90. The lowest BCUT2D eigenvalue weighted by atomic mass is 9.78.